The third kappa shape index (κ3) is 4.31. The predicted octanol–water partition coefficient (Wildman–Crippen LogP) is 2.41. The van der Waals surface area contributed by atoms with Gasteiger partial charge in [0, 0.05) is 12.1 Å². The maximum Gasteiger partial charge on any atom is 0.207 e. The van der Waals surface area contributed by atoms with Gasteiger partial charge < -0.3 is 10.1 Å². The molecule has 0 aliphatic carbocycles. The second-order valence-corrected chi connectivity index (χ2v) is 4.12. The molecule has 0 aliphatic rings. The number of hydrogen-bond acceptors (Lipinski definition) is 2. The number of amides is 1. The Morgan fingerprint density at radius 1 is 1.41 bits per heavy atom. The predicted molar refractivity (Wildman–Crippen MR) is 70.1 cm³/mol. The molecule has 3 heteroatoms. The van der Waals surface area contributed by atoms with Gasteiger partial charge in [0.05, 0.1) is 7.11 Å². The molecule has 0 heterocycles. The molecular weight excluding hydrogens is 214 g/mol. The SMILES string of the molecule is COc1cc(CCNC=O)ccc1C=C(C)C. The second kappa shape index (κ2) is 6.74. The first-order valence-electron chi connectivity index (χ1n) is 5.66. The lowest BCUT2D eigenvalue weighted by Crippen LogP contribution is -2.14. The minimum Gasteiger partial charge on any atom is -0.496 e. The molecule has 1 rings (SSSR count). The number of nitrogens with one attached hydrogen (secondary N) is 1. The standard InChI is InChI=1S/C14H19NO2/c1-11(2)8-13-5-4-12(6-7-15-10-16)9-14(13)17-3/h4-5,8-10H,6-7H2,1-3H3,(H,15,16). The van der Waals surface area contributed by atoms with Gasteiger partial charge in [-0.15, -0.1) is 0 Å². The summed E-state index contributed by atoms with van der Waals surface area (Å²) in [5, 5.41) is 2.65. The smallest absolute Gasteiger partial charge is 0.207 e. The zero-order chi connectivity index (χ0) is 12.7. The fraction of sp³-hybridized carbons (Fsp3) is 0.357. The molecule has 1 amide bonds. The minimum atomic E-state index is 0.647. The molecule has 0 saturated carbocycles. The Bertz CT molecular complexity index is 407. The highest BCUT2D eigenvalue weighted by Crippen LogP contribution is 2.22. The molecule has 0 bridgehead atoms. The van der Waals surface area contributed by atoms with Gasteiger partial charge in [0.15, 0.2) is 0 Å². The summed E-state index contributed by atoms with van der Waals surface area (Å²) in [6, 6.07) is 6.12. The van der Waals surface area contributed by atoms with Crippen LogP contribution in [-0.2, 0) is 11.2 Å². The first-order valence-corrected chi connectivity index (χ1v) is 5.66. The Morgan fingerprint density at radius 2 is 2.18 bits per heavy atom. The van der Waals surface area contributed by atoms with Gasteiger partial charge in [-0.05, 0) is 31.9 Å². The largest absolute Gasteiger partial charge is 0.496 e. The summed E-state index contributed by atoms with van der Waals surface area (Å²) in [6.07, 6.45) is 3.62. The van der Waals surface area contributed by atoms with Crippen LogP contribution in [0.25, 0.3) is 6.08 Å². The Morgan fingerprint density at radius 3 is 2.76 bits per heavy atom. The lowest BCUT2D eigenvalue weighted by molar-refractivity contribution is -0.109. The van der Waals surface area contributed by atoms with Crippen LogP contribution >= 0.6 is 0 Å². The van der Waals surface area contributed by atoms with Gasteiger partial charge in [0.25, 0.3) is 0 Å². The van der Waals surface area contributed by atoms with E-state index in [1.165, 1.54) is 5.57 Å². The summed E-state index contributed by atoms with van der Waals surface area (Å²) < 4.78 is 5.36. The zero-order valence-corrected chi connectivity index (χ0v) is 10.6. The van der Waals surface area contributed by atoms with Gasteiger partial charge in [-0.25, -0.2) is 0 Å². The number of carbonyl (C=O) groups is 1. The van der Waals surface area contributed by atoms with E-state index in [1.54, 1.807) is 7.11 Å². The van der Waals surface area contributed by atoms with Crippen LogP contribution in [-0.4, -0.2) is 20.1 Å². The van der Waals surface area contributed by atoms with Crippen LogP contribution in [0.5, 0.6) is 5.75 Å². The summed E-state index contributed by atoms with van der Waals surface area (Å²) in [5.41, 5.74) is 3.47. The van der Waals surface area contributed by atoms with Crippen LogP contribution in [0.2, 0.25) is 0 Å². The molecule has 0 radical (unpaired) electrons. The highest BCUT2D eigenvalue weighted by Gasteiger charge is 2.02. The van der Waals surface area contributed by atoms with E-state index < -0.39 is 0 Å². The number of ether oxygens (including phenoxy) is 1. The van der Waals surface area contributed by atoms with E-state index in [-0.39, 0.29) is 0 Å². The summed E-state index contributed by atoms with van der Waals surface area (Å²) in [4.78, 5) is 10.2. The molecule has 1 aromatic carbocycles. The molecule has 0 aromatic heterocycles. The van der Waals surface area contributed by atoms with E-state index in [1.807, 2.05) is 12.1 Å². The number of carbonyl (C=O) groups excluding carboxylic acids is 1. The van der Waals surface area contributed by atoms with Crippen molar-refractivity contribution in [3.05, 3.63) is 34.9 Å². The van der Waals surface area contributed by atoms with Crippen molar-refractivity contribution in [1.82, 2.24) is 5.32 Å². The van der Waals surface area contributed by atoms with E-state index in [0.29, 0.717) is 6.54 Å². The van der Waals surface area contributed by atoms with Crippen LogP contribution in [0.1, 0.15) is 25.0 Å². The highest BCUT2D eigenvalue weighted by atomic mass is 16.5. The zero-order valence-electron chi connectivity index (χ0n) is 10.6. The van der Waals surface area contributed by atoms with Gasteiger partial charge >= 0.3 is 0 Å². The fourth-order valence-electron chi connectivity index (χ4n) is 1.62. The summed E-state index contributed by atoms with van der Waals surface area (Å²) in [7, 11) is 1.67. The third-order valence-electron chi connectivity index (χ3n) is 2.38. The first kappa shape index (κ1) is 13.3. The number of hydrogen-bond donors (Lipinski definition) is 1. The lowest BCUT2D eigenvalue weighted by atomic mass is 10.1. The van der Waals surface area contributed by atoms with Crippen molar-refractivity contribution >= 4 is 12.5 Å². The maximum absolute atomic E-state index is 10.2. The van der Waals surface area contributed by atoms with Gasteiger partial charge in [-0.1, -0.05) is 23.8 Å². The lowest BCUT2D eigenvalue weighted by Gasteiger charge is -2.08. The second-order valence-electron chi connectivity index (χ2n) is 4.12. The van der Waals surface area contributed by atoms with Crippen LogP contribution < -0.4 is 10.1 Å². The van der Waals surface area contributed by atoms with Gasteiger partial charge in [0.2, 0.25) is 6.41 Å². The maximum atomic E-state index is 10.2. The average molecular weight is 233 g/mol. The molecule has 3 nitrogen and oxygen atoms in total. The van der Waals surface area contributed by atoms with E-state index in [4.69, 9.17) is 4.74 Å². The van der Waals surface area contributed by atoms with Crippen molar-refractivity contribution in [3.63, 3.8) is 0 Å². The molecule has 0 fully saturated rings. The van der Waals surface area contributed by atoms with E-state index in [2.05, 4.69) is 31.3 Å². The Balaban J connectivity index is 2.84. The summed E-state index contributed by atoms with van der Waals surface area (Å²) >= 11 is 0. The van der Waals surface area contributed by atoms with E-state index in [0.717, 1.165) is 29.7 Å². The van der Waals surface area contributed by atoms with Crippen molar-refractivity contribution in [2.24, 2.45) is 0 Å². The number of methoxy groups -OCH3 is 1. The summed E-state index contributed by atoms with van der Waals surface area (Å²) in [6.45, 7) is 4.76. The van der Waals surface area contributed by atoms with Crippen molar-refractivity contribution in [2.45, 2.75) is 20.3 Å². The van der Waals surface area contributed by atoms with E-state index in [9.17, 15) is 4.79 Å². The molecule has 0 spiro atoms. The highest BCUT2D eigenvalue weighted by molar-refractivity contribution is 5.60. The van der Waals surface area contributed by atoms with Crippen LogP contribution in [0, 0.1) is 0 Å². The molecule has 0 saturated heterocycles. The molecule has 0 atom stereocenters. The van der Waals surface area contributed by atoms with Gasteiger partial charge in [-0.3, -0.25) is 4.79 Å². The van der Waals surface area contributed by atoms with Crippen molar-refractivity contribution in [2.75, 3.05) is 13.7 Å². The first-order chi connectivity index (χ1) is 8.17. The average Bonchev–Trinajstić information content (AvgIpc) is 2.30. The topological polar surface area (TPSA) is 38.3 Å². The van der Waals surface area contributed by atoms with Crippen molar-refractivity contribution < 1.29 is 9.53 Å². The van der Waals surface area contributed by atoms with Crippen molar-refractivity contribution in [3.8, 4) is 5.75 Å². The van der Waals surface area contributed by atoms with Crippen molar-refractivity contribution in [1.29, 1.82) is 0 Å². The van der Waals surface area contributed by atoms with Gasteiger partial charge in [0.1, 0.15) is 5.75 Å². The number of rotatable bonds is 6. The monoisotopic (exact) mass is 233 g/mol. The van der Waals surface area contributed by atoms with Gasteiger partial charge in [-0.2, -0.15) is 0 Å². The Labute approximate surface area is 102 Å². The molecule has 0 aliphatic heterocycles. The van der Waals surface area contributed by atoms with Crippen LogP contribution in [0.3, 0.4) is 0 Å². The summed E-state index contributed by atoms with van der Waals surface area (Å²) in [5.74, 6) is 0.870. The fourth-order valence-corrected chi connectivity index (χ4v) is 1.62. The third-order valence-corrected chi connectivity index (χ3v) is 2.38. The Kier molecular flexibility index (Phi) is 5.27. The quantitative estimate of drug-likeness (QED) is 0.605. The molecule has 92 valence electrons. The number of benzene rings is 1. The van der Waals surface area contributed by atoms with E-state index >= 15 is 0 Å². The molecule has 0 unspecified atom stereocenters. The Hall–Kier alpha value is -1.77. The number of allylic oxidation sites excluding steroid dienone is 1. The van der Waals surface area contributed by atoms with Crippen LogP contribution in [0.15, 0.2) is 23.8 Å². The molecule has 1 aromatic rings. The molecular formula is C14H19NO2. The van der Waals surface area contributed by atoms with Crippen LogP contribution in [0.4, 0.5) is 0 Å². The minimum absolute atomic E-state index is 0.647. The molecule has 1 N–H and O–H groups in total. The normalized spacial score (nSPS) is 9.59. The molecule has 17 heavy (non-hydrogen) atoms.